The summed E-state index contributed by atoms with van der Waals surface area (Å²) in [7, 11) is 0. The van der Waals surface area contributed by atoms with Crippen molar-refractivity contribution in [3.05, 3.63) is 59.7 Å². The van der Waals surface area contributed by atoms with Crippen LogP contribution in [-0.2, 0) is 13.2 Å². The summed E-state index contributed by atoms with van der Waals surface area (Å²) in [5.74, 6) is 0.568. The highest BCUT2D eigenvalue weighted by Crippen LogP contribution is 2.27. The van der Waals surface area contributed by atoms with E-state index < -0.39 is 0 Å². The number of nitrogens with two attached hydrogens (primary N) is 1. The average Bonchev–Trinajstić information content (AvgIpc) is 2.38. The maximum atomic E-state index is 9.20. The van der Waals surface area contributed by atoms with E-state index in [-0.39, 0.29) is 6.61 Å². The van der Waals surface area contributed by atoms with Crippen molar-refractivity contribution >= 4 is 5.69 Å². The number of aliphatic hydroxyl groups is 1. The van der Waals surface area contributed by atoms with Gasteiger partial charge in [-0.25, -0.2) is 0 Å². The molecule has 0 saturated carbocycles. The second-order valence-electron chi connectivity index (χ2n) is 3.77. The van der Waals surface area contributed by atoms with Gasteiger partial charge < -0.3 is 15.6 Å². The zero-order valence-electron chi connectivity index (χ0n) is 9.47. The summed E-state index contributed by atoms with van der Waals surface area (Å²) in [6, 6.07) is 15.2. The van der Waals surface area contributed by atoms with Gasteiger partial charge in [0.05, 0.1) is 12.3 Å². The van der Waals surface area contributed by atoms with Gasteiger partial charge in [0.2, 0.25) is 0 Å². The molecule has 0 aliphatic rings. The van der Waals surface area contributed by atoms with Gasteiger partial charge in [0.15, 0.2) is 0 Å². The number of hydrogen-bond donors (Lipinski definition) is 2. The first-order valence-electron chi connectivity index (χ1n) is 5.46. The zero-order chi connectivity index (χ0) is 12.1. The molecule has 3 nitrogen and oxygen atoms in total. The van der Waals surface area contributed by atoms with E-state index in [4.69, 9.17) is 10.5 Å². The number of aliphatic hydroxyl groups excluding tert-OH is 1. The summed E-state index contributed by atoms with van der Waals surface area (Å²) in [5.41, 5.74) is 8.15. The van der Waals surface area contributed by atoms with Crippen LogP contribution < -0.4 is 10.5 Å². The molecule has 3 N–H and O–H groups in total. The summed E-state index contributed by atoms with van der Waals surface area (Å²) in [6.07, 6.45) is 0. The lowest BCUT2D eigenvalue weighted by molar-refractivity contribution is 0.260. The van der Waals surface area contributed by atoms with Crippen LogP contribution in [0.5, 0.6) is 5.75 Å². The maximum absolute atomic E-state index is 9.20. The molecular formula is C14H15NO2. The third-order valence-electron chi connectivity index (χ3n) is 2.52. The fourth-order valence-electron chi connectivity index (χ4n) is 1.63. The molecule has 0 amide bonds. The Kier molecular flexibility index (Phi) is 3.62. The van der Waals surface area contributed by atoms with Crippen molar-refractivity contribution in [1.29, 1.82) is 0 Å². The van der Waals surface area contributed by atoms with Gasteiger partial charge in [-0.1, -0.05) is 42.5 Å². The topological polar surface area (TPSA) is 55.5 Å². The highest BCUT2D eigenvalue weighted by molar-refractivity contribution is 5.56. The lowest BCUT2D eigenvalue weighted by atomic mass is 10.2. The van der Waals surface area contributed by atoms with E-state index in [0.29, 0.717) is 23.6 Å². The highest BCUT2D eigenvalue weighted by atomic mass is 16.5. The molecular weight excluding hydrogens is 214 g/mol. The van der Waals surface area contributed by atoms with Crippen LogP contribution in [0.2, 0.25) is 0 Å². The maximum Gasteiger partial charge on any atom is 0.148 e. The van der Waals surface area contributed by atoms with Crippen LogP contribution >= 0.6 is 0 Å². The Balaban J connectivity index is 2.14. The van der Waals surface area contributed by atoms with Crippen LogP contribution in [0.15, 0.2) is 48.5 Å². The Morgan fingerprint density at radius 3 is 2.47 bits per heavy atom. The van der Waals surface area contributed by atoms with Gasteiger partial charge in [-0.15, -0.1) is 0 Å². The Morgan fingerprint density at radius 2 is 1.76 bits per heavy atom. The van der Waals surface area contributed by atoms with Gasteiger partial charge >= 0.3 is 0 Å². The molecule has 2 aromatic carbocycles. The molecule has 0 atom stereocenters. The first kappa shape index (κ1) is 11.5. The molecule has 0 spiro atoms. The van der Waals surface area contributed by atoms with Crippen molar-refractivity contribution in [3.8, 4) is 5.75 Å². The molecule has 0 radical (unpaired) electrons. The van der Waals surface area contributed by atoms with Crippen LogP contribution in [0.4, 0.5) is 5.69 Å². The summed E-state index contributed by atoms with van der Waals surface area (Å²) in [5, 5.41) is 9.20. The second kappa shape index (κ2) is 5.37. The molecule has 0 aliphatic carbocycles. The third kappa shape index (κ3) is 2.77. The van der Waals surface area contributed by atoms with E-state index in [0.717, 1.165) is 5.56 Å². The largest absolute Gasteiger partial charge is 0.486 e. The van der Waals surface area contributed by atoms with Gasteiger partial charge in [-0.05, 0) is 11.6 Å². The molecule has 2 aromatic rings. The molecule has 0 fully saturated rings. The molecule has 3 heteroatoms. The lowest BCUT2D eigenvalue weighted by Crippen LogP contribution is -2.02. The molecule has 17 heavy (non-hydrogen) atoms. The number of ether oxygens (including phenoxy) is 1. The summed E-state index contributed by atoms with van der Waals surface area (Å²) in [4.78, 5) is 0. The first-order chi connectivity index (χ1) is 8.31. The number of hydrogen-bond acceptors (Lipinski definition) is 3. The van der Waals surface area contributed by atoms with Gasteiger partial charge in [0.1, 0.15) is 12.4 Å². The van der Waals surface area contributed by atoms with Gasteiger partial charge in [-0.2, -0.15) is 0 Å². The van der Waals surface area contributed by atoms with E-state index in [1.54, 1.807) is 18.2 Å². The van der Waals surface area contributed by atoms with Crippen LogP contribution in [-0.4, -0.2) is 5.11 Å². The van der Waals surface area contributed by atoms with E-state index in [1.165, 1.54) is 0 Å². The van der Waals surface area contributed by atoms with Crippen molar-refractivity contribution in [2.45, 2.75) is 13.2 Å². The molecule has 0 bridgehead atoms. The first-order valence-corrected chi connectivity index (χ1v) is 5.46. The summed E-state index contributed by atoms with van der Waals surface area (Å²) >= 11 is 0. The van der Waals surface area contributed by atoms with Gasteiger partial charge in [0, 0.05) is 5.56 Å². The molecule has 0 unspecified atom stereocenters. The van der Waals surface area contributed by atoms with Gasteiger partial charge in [-0.3, -0.25) is 0 Å². The molecule has 0 aromatic heterocycles. The Morgan fingerprint density at radius 1 is 1.00 bits per heavy atom. The third-order valence-corrected chi connectivity index (χ3v) is 2.52. The fourth-order valence-corrected chi connectivity index (χ4v) is 1.63. The van der Waals surface area contributed by atoms with Crippen LogP contribution in [0, 0.1) is 0 Å². The van der Waals surface area contributed by atoms with Crippen molar-refractivity contribution in [2.24, 2.45) is 0 Å². The fraction of sp³-hybridized carbons (Fsp3) is 0.143. The summed E-state index contributed by atoms with van der Waals surface area (Å²) < 4.78 is 5.66. The minimum Gasteiger partial charge on any atom is -0.486 e. The van der Waals surface area contributed by atoms with E-state index in [9.17, 15) is 5.11 Å². The Hall–Kier alpha value is -2.00. The van der Waals surface area contributed by atoms with Crippen LogP contribution in [0.3, 0.4) is 0 Å². The van der Waals surface area contributed by atoms with Crippen molar-refractivity contribution in [2.75, 3.05) is 5.73 Å². The minimum atomic E-state index is -0.0742. The van der Waals surface area contributed by atoms with Crippen molar-refractivity contribution in [3.63, 3.8) is 0 Å². The number of anilines is 1. The van der Waals surface area contributed by atoms with E-state index in [2.05, 4.69) is 0 Å². The van der Waals surface area contributed by atoms with Crippen molar-refractivity contribution < 1.29 is 9.84 Å². The molecule has 0 saturated heterocycles. The summed E-state index contributed by atoms with van der Waals surface area (Å²) in [6.45, 7) is 0.372. The molecule has 2 rings (SSSR count). The van der Waals surface area contributed by atoms with Crippen LogP contribution in [0.25, 0.3) is 0 Å². The van der Waals surface area contributed by atoms with Crippen LogP contribution in [0.1, 0.15) is 11.1 Å². The Bertz CT molecular complexity index is 483. The lowest BCUT2D eigenvalue weighted by Gasteiger charge is -2.12. The predicted molar refractivity (Wildman–Crippen MR) is 67.6 cm³/mol. The van der Waals surface area contributed by atoms with E-state index in [1.807, 2.05) is 30.3 Å². The predicted octanol–water partition coefficient (Wildman–Crippen LogP) is 2.34. The standard InChI is InChI=1S/C14H15NO2/c15-13-8-4-7-12(9-16)14(13)17-10-11-5-2-1-3-6-11/h1-8,16H,9-10,15H2. The van der Waals surface area contributed by atoms with E-state index >= 15 is 0 Å². The minimum absolute atomic E-state index is 0.0742. The monoisotopic (exact) mass is 229 g/mol. The molecule has 88 valence electrons. The average molecular weight is 229 g/mol. The van der Waals surface area contributed by atoms with Crippen molar-refractivity contribution in [1.82, 2.24) is 0 Å². The SMILES string of the molecule is Nc1cccc(CO)c1OCc1ccccc1. The number of benzene rings is 2. The zero-order valence-corrected chi connectivity index (χ0v) is 9.47. The quantitative estimate of drug-likeness (QED) is 0.791. The number of rotatable bonds is 4. The highest BCUT2D eigenvalue weighted by Gasteiger charge is 2.06. The second-order valence-corrected chi connectivity index (χ2v) is 3.77. The Labute approximate surface area is 100 Å². The number of para-hydroxylation sites is 1. The number of nitrogen functional groups attached to an aromatic ring is 1. The van der Waals surface area contributed by atoms with Gasteiger partial charge in [0.25, 0.3) is 0 Å². The molecule has 0 aliphatic heterocycles. The normalized spacial score (nSPS) is 10.2. The smallest absolute Gasteiger partial charge is 0.148 e. The molecule has 0 heterocycles.